The number of hydrogen-bond donors (Lipinski definition) is 1. The number of nitrogens with zero attached hydrogens (tertiary/aromatic N) is 2. The van der Waals surface area contributed by atoms with Crippen molar-refractivity contribution in [2.24, 2.45) is 5.41 Å². The summed E-state index contributed by atoms with van der Waals surface area (Å²) in [5.41, 5.74) is 0.480. The molecule has 5 heteroatoms. The van der Waals surface area contributed by atoms with E-state index in [0.29, 0.717) is 12.2 Å². The van der Waals surface area contributed by atoms with Crippen LogP contribution in [0.15, 0.2) is 22.8 Å². The van der Waals surface area contributed by atoms with Crippen molar-refractivity contribution in [1.29, 1.82) is 0 Å². The lowest BCUT2D eigenvalue weighted by Crippen LogP contribution is -2.40. The number of nitrogens with one attached hydrogen (secondary N) is 1. The molecule has 1 heterocycles. The number of halogens is 1. The molecule has 0 bridgehead atoms. The molecule has 0 aliphatic carbocycles. The third-order valence-corrected chi connectivity index (χ3v) is 2.90. The number of carbonyl (C=O) groups is 1. The van der Waals surface area contributed by atoms with E-state index in [2.05, 4.69) is 45.0 Å². The number of pyridine rings is 1. The van der Waals surface area contributed by atoms with E-state index < -0.39 is 0 Å². The molecule has 4 nitrogen and oxygen atoms in total. The summed E-state index contributed by atoms with van der Waals surface area (Å²) in [5.74, 6) is -0.130. The molecule has 0 fully saturated rings. The number of carbonyl (C=O) groups excluding carboxylic acids is 1. The monoisotopic (exact) mass is 313 g/mol. The molecular formula is C13H20BrN3O. The highest BCUT2D eigenvalue weighted by atomic mass is 79.9. The molecule has 1 amide bonds. The van der Waals surface area contributed by atoms with Gasteiger partial charge in [-0.2, -0.15) is 0 Å². The molecule has 0 unspecified atom stereocenters. The van der Waals surface area contributed by atoms with E-state index in [4.69, 9.17) is 0 Å². The fraction of sp³-hybridized carbons (Fsp3) is 0.538. The molecule has 0 spiro atoms. The normalized spacial score (nSPS) is 11.7. The molecular weight excluding hydrogens is 294 g/mol. The van der Waals surface area contributed by atoms with Crippen LogP contribution >= 0.6 is 15.9 Å². The number of amides is 1. The highest BCUT2D eigenvalue weighted by Crippen LogP contribution is 2.14. The third-order valence-electron chi connectivity index (χ3n) is 2.43. The van der Waals surface area contributed by atoms with Gasteiger partial charge in [0.05, 0.1) is 0 Å². The Hall–Kier alpha value is -0.940. The first-order valence-corrected chi connectivity index (χ1v) is 6.64. The number of rotatable bonds is 5. The molecule has 0 atom stereocenters. The zero-order valence-electron chi connectivity index (χ0n) is 11.3. The highest BCUT2D eigenvalue weighted by molar-refractivity contribution is 9.10. The van der Waals surface area contributed by atoms with Crippen LogP contribution < -0.4 is 5.32 Å². The maximum Gasteiger partial charge on any atom is 0.269 e. The molecule has 1 aromatic rings. The van der Waals surface area contributed by atoms with Gasteiger partial charge in [-0.05, 0) is 47.6 Å². The Balaban J connectivity index is 2.53. The van der Waals surface area contributed by atoms with Crippen LogP contribution in [-0.4, -0.2) is 43.0 Å². The topological polar surface area (TPSA) is 45.2 Å². The zero-order chi connectivity index (χ0) is 13.8. The van der Waals surface area contributed by atoms with Crippen LogP contribution in [0.2, 0.25) is 0 Å². The SMILES string of the molecule is CN(C)CC(C)(C)CNC(=O)c1ccc(Br)cn1. The first kappa shape index (κ1) is 15.1. The minimum atomic E-state index is -0.130. The van der Waals surface area contributed by atoms with Crippen LogP contribution in [0.1, 0.15) is 24.3 Å². The first-order valence-electron chi connectivity index (χ1n) is 5.85. The lowest BCUT2D eigenvalue weighted by molar-refractivity contribution is 0.0924. The second-order valence-electron chi connectivity index (χ2n) is 5.45. The van der Waals surface area contributed by atoms with Crippen LogP contribution in [0.5, 0.6) is 0 Å². The van der Waals surface area contributed by atoms with Gasteiger partial charge >= 0.3 is 0 Å². The van der Waals surface area contributed by atoms with Gasteiger partial charge in [-0.15, -0.1) is 0 Å². The summed E-state index contributed by atoms with van der Waals surface area (Å²) in [4.78, 5) is 18.1. The van der Waals surface area contributed by atoms with Gasteiger partial charge in [0.15, 0.2) is 0 Å². The predicted molar refractivity (Wildman–Crippen MR) is 76.6 cm³/mol. The van der Waals surface area contributed by atoms with E-state index in [1.54, 1.807) is 12.3 Å². The van der Waals surface area contributed by atoms with Crippen molar-refractivity contribution in [3.63, 3.8) is 0 Å². The molecule has 18 heavy (non-hydrogen) atoms. The summed E-state index contributed by atoms with van der Waals surface area (Å²) in [6.45, 7) is 5.80. The first-order chi connectivity index (χ1) is 8.30. The fourth-order valence-corrected chi connectivity index (χ4v) is 2.07. The van der Waals surface area contributed by atoms with Gasteiger partial charge in [-0.25, -0.2) is 4.98 Å². The van der Waals surface area contributed by atoms with Gasteiger partial charge in [-0.1, -0.05) is 13.8 Å². The lowest BCUT2D eigenvalue weighted by atomic mass is 9.93. The second-order valence-corrected chi connectivity index (χ2v) is 6.36. The molecule has 0 aliphatic heterocycles. The Bertz CT molecular complexity index is 401. The maximum absolute atomic E-state index is 11.9. The lowest BCUT2D eigenvalue weighted by Gasteiger charge is -2.28. The van der Waals surface area contributed by atoms with E-state index in [1.807, 2.05) is 20.2 Å². The van der Waals surface area contributed by atoms with Crippen molar-refractivity contribution in [3.05, 3.63) is 28.5 Å². The van der Waals surface area contributed by atoms with Gasteiger partial charge in [-0.3, -0.25) is 4.79 Å². The Morgan fingerprint density at radius 1 is 1.44 bits per heavy atom. The second kappa shape index (κ2) is 6.29. The molecule has 0 aliphatic rings. The summed E-state index contributed by atoms with van der Waals surface area (Å²) in [5, 5.41) is 2.92. The smallest absolute Gasteiger partial charge is 0.269 e. The van der Waals surface area contributed by atoms with Crippen molar-refractivity contribution in [3.8, 4) is 0 Å². The van der Waals surface area contributed by atoms with E-state index in [9.17, 15) is 4.79 Å². The molecule has 1 N–H and O–H groups in total. The molecule has 100 valence electrons. The van der Waals surface area contributed by atoms with E-state index in [-0.39, 0.29) is 11.3 Å². The maximum atomic E-state index is 11.9. The van der Waals surface area contributed by atoms with Gasteiger partial charge < -0.3 is 10.2 Å². The minimum absolute atomic E-state index is 0.0362. The van der Waals surface area contributed by atoms with Gasteiger partial charge in [0, 0.05) is 23.8 Å². The summed E-state index contributed by atoms with van der Waals surface area (Å²) in [6, 6.07) is 3.52. The molecule has 0 saturated carbocycles. The minimum Gasteiger partial charge on any atom is -0.350 e. The Morgan fingerprint density at radius 3 is 2.61 bits per heavy atom. The summed E-state index contributed by atoms with van der Waals surface area (Å²) < 4.78 is 0.868. The fourth-order valence-electron chi connectivity index (χ4n) is 1.83. The highest BCUT2D eigenvalue weighted by Gasteiger charge is 2.20. The van der Waals surface area contributed by atoms with Crippen LogP contribution in [-0.2, 0) is 0 Å². The van der Waals surface area contributed by atoms with Crippen molar-refractivity contribution >= 4 is 21.8 Å². The summed E-state index contributed by atoms with van der Waals surface area (Å²) in [7, 11) is 4.06. The number of aromatic nitrogens is 1. The van der Waals surface area contributed by atoms with E-state index in [0.717, 1.165) is 11.0 Å². The van der Waals surface area contributed by atoms with Crippen LogP contribution in [0.3, 0.4) is 0 Å². The Kier molecular flexibility index (Phi) is 5.28. The quantitative estimate of drug-likeness (QED) is 0.906. The summed E-state index contributed by atoms with van der Waals surface area (Å²) >= 11 is 3.29. The Morgan fingerprint density at radius 2 is 2.11 bits per heavy atom. The van der Waals surface area contributed by atoms with Crippen molar-refractivity contribution < 1.29 is 4.79 Å². The van der Waals surface area contributed by atoms with Crippen LogP contribution in [0.4, 0.5) is 0 Å². The van der Waals surface area contributed by atoms with E-state index in [1.165, 1.54) is 0 Å². The van der Waals surface area contributed by atoms with Gasteiger partial charge in [0.2, 0.25) is 0 Å². The average Bonchev–Trinajstić information content (AvgIpc) is 2.25. The molecule has 1 aromatic heterocycles. The molecule has 0 radical (unpaired) electrons. The Labute approximate surface area is 117 Å². The number of hydrogen-bond acceptors (Lipinski definition) is 3. The van der Waals surface area contributed by atoms with Crippen molar-refractivity contribution in [2.75, 3.05) is 27.2 Å². The summed E-state index contributed by atoms with van der Waals surface area (Å²) in [6.07, 6.45) is 1.62. The van der Waals surface area contributed by atoms with E-state index >= 15 is 0 Å². The molecule has 0 aromatic carbocycles. The van der Waals surface area contributed by atoms with Gasteiger partial charge in [0.1, 0.15) is 5.69 Å². The molecule has 0 saturated heterocycles. The largest absolute Gasteiger partial charge is 0.350 e. The average molecular weight is 314 g/mol. The zero-order valence-corrected chi connectivity index (χ0v) is 12.9. The van der Waals surface area contributed by atoms with Crippen molar-refractivity contribution in [1.82, 2.24) is 15.2 Å². The third kappa shape index (κ3) is 5.14. The van der Waals surface area contributed by atoms with Gasteiger partial charge in [0.25, 0.3) is 5.91 Å². The standard InChI is InChI=1S/C13H20BrN3O/c1-13(2,9-17(3)4)8-16-12(18)11-6-5-10(14)7-15-11/h5-7H,8-9H2,1-4H3,(H,16,18). The molecule has 1 rings (SSSR count). The van der Waals surface area contributed by atoms with Crippen LogP contribution in [0.25, 0.3) is 0 Å². The van der Waals surface area contributed by atoms with Crippen molar-refractivity contribution in [2.45, 2.75) is 13.8 Å². The predicted octanol–water partition coefficient (Wildman–Crippen LogP) is 2.16. The van der Waals surface area contributed by atoms with Crippen LogP contribution in [0, 0.1) is 5.41 Å².